The van der Waals surface area contributed by atoms with Gasteiger partial charge in [-0.3, -0.25) is 4.98 Å². The van der Waals surface area contributed by atoms with E-state index in [9.17, 15) is 0 Å². The minimum absolute atomic E-state index is 0.517. The molecule has 1 fully saturated rings. The van der Waals surface area contributed by atoms with Crippen molar-refractivity contribution >= 4 is 11.5 Å². The summed E-state index contributed by atoms with van der Waals surface area (Å²) in [5.74, 6) is 1.63. The number of fused-ring (bicyclic) bond motifs is 1. The topological polar surface area (TPSA) is 71.2 Å². The third-order valence-corrected chi connectivity index (χ3v) is 4.03. The Bertz CT molecular complexity index is 552. The summed E-state index contributed by atoms with van der Waals surface area (Å²) in [6.07, 6.45) is 5.98. The molecule has 2 atom stereocenters. The zero-order valence-electron chi connectivity index (χ0n) is 11.3. The quantitative estimate of drug-likeness (QED) is 0.859. The number of anilines is 1. The van der Waals surface area contributed by atoms with Crippen LogP contribution < -0.4 is 10.2 Å². The van der Waals surface area contributed by atoms with Crippen LogP contribution in [0.2, 0.25) is 0 Å². The summed E-state index contributed by atoms with van der Waals surface area (Å²) in [7, 11) is 2.02. The highest BCUT2D eigenvalue weighted by Crippen LogP contribution is 2.24. The number of piperidine rings is 1. The Morgan fingerprint density at radius 3 is 3.16 bits per heavy atom. The first-order chi connectivity index (χ1) is 9.29. The van der Waals surface area contributed by atoms with Gasteiger partial charge < -0.3 is 10.2 Å². The molecule has 0 aliphatic carbocycles. The van der Waals surface area contributed by atoms with Crippen LogP contribution in [0.15, 0.2) is 12.4 Å². The van der Waals surface area contributed by atoms with Gasteiger partial charge in [-0.05, 0) is 43.2 Å². The molecule has 2 unspecified atom stereocenters. The van der Waals surface area contributed by atoms with Crippen LogP contribution in [0.5, 0.6) is 0 Å². The molecule has 7 heteroatoms. The molecule has 3 rings (SSSR count). The van der Waals surface area contributed by atoms with Gasteiger partial charge in [0.25, 0.3) is 0 Å². The molecule has 2 aromatic heterocycles. The molecular weight excluding hydrogens is 242 g/mol. The van der Waals surface area contributed by atoms with Crippen molar-refractivity contribution in [1.29, 1.82) is 0 Å². The van der Waals surface area contributed by atoms with Gasteiger partial charge in [0, 0.05) is 19.1 Å². The van der Waals surface area contributed by atoms with Gasteiger partial charge >= 0.3 is 0 Å². The number of tetrazole rings is 1. The Morgan fingerprint density at radius 2 is 2.32 bits per heavy atom. The van der Waals surface area contributed by atoms with Gasteiger partial charge in [-0.15, -0.1) is 5.10 Å². The maximum absolute atomic E-state index is 4.23. The van der Waals surface area contributed by atoms with Crippen LogP contribution in [0, 0.1) is 5.92 Å². The zero-order valence-corrected chi connectivity index (χ0v) is 11.3. The van der Waals surface area contributed by atoms with E-state index in [0.29, 0.717) is 17.6 Å². The first kappa shape index (κ1) is 12.3. The summed E-state index contributed by atoms with van der Waals surface area (Å²) in [6, 6.07) is 0.517. The van der Waals surface area contributed by atoms with Crippen molar-refractivity contribution in [1.82, 2.24) is 30.3 Å². The summed E-state index contributed by atoms with van der Waals surface area (Å²) in [5.41, 5.74) is 0.696. The van der Waals surface area contributed by atoms with E-state index in [4.69, 9.17) is 0 Å². The molecule has 1 aliphatic rings. The molecule has 3 heterocycles. The maximum atomic E-state index is 4.23. The van der Waals surface area contributed by atoms with Crippen LogP contribution in [0.4, 0.5) is 5.82 Å². The Balaban J connectivity index is 1.87. The van der Waals surface area contributed by atoms with E-state index in [2.05, 4.69) is 37.6 Å². The van der Waals surface area contributed by atoms with E-state index in [1.54, 1.807) is 10.7 Å². The minimum atomic E-state index is 0.517. The fraction of sp³-hybridized carbons (Fsp3) is 0.667. The number of rotatable bonds is 3. The average molecular weight is 261 g/mol. The van der Waals surface area contributed by atoms with Crippen LogP contribution in [-0.2, 0) is 0 Å². The van der Waals surface area contributed by atoms with Crippen molar-refractivity contribution < 1.29 is 0 Å². The monoisotopic (exact) mass is 261 g/mol. The second-order valence-electron chi connectivity index (χ2n) is 5.14. The maximum Gasteiger partial charge on any atom is 0.199 e. The van der Waals surface area contributed by atoms with Gasteiger partial charge in [0.1, 0.15) is 0 Å². The first-order valence-electron chi connectivity index (χ1n) is 6.74. The second-order valence-corrected chi connectivity index (χ2v) is 5.14. The van der Waals surface area contributed by atoms with Crippen LogP contribution in [-0.4, -0.2) is 51.2 Å². The lowest BCUT2D eigenvalue weighted by Gasteiger charge is -2.36. The highest BCUT2D eigenvalue weighted by Gasteiger charge is 2.25. The minimum Gasteiger partial charge on any atom is -0.355 e. The fourth-order valence-electron chi connectivity index (χ4n) is 2.74. The molecule has 102 valence electrons. The number of nitrogens with one attached hydrogen (secondary N) is 1. The van der Waals surface area contributed by atoms with Gasteiger partial charge in [0.15, 0.2) is 11.5 Å². The fourth-order valence-corrected chi connectivity index (χ4v) is 2.74. The highest BCUT2D eigenvalue weighted by atomic mass is 15.5. The lowest BCUT2D eigenvalue weighted by molar-refractivity contribution is 0.331. The molecule has 1 aliphatic heterocycles. The smallest absolute Gasteiger partial charge is 0.199 e. The van der Waals surface area contributed by atoms with Crippen LogP contribution in [0.25, 0.3) is 5.65 Å². The van der Waals surface area contributed by atoms with Gasteiger partial charge in [-0.25, -0.2) is 0 Å². The average Bonchev–Trinajstić information content (AvgIpc) is 2.94. The summed E-state index contributed by atoms with van der Waals surface area (Å²) in [6.45, 7) is 4.29. The molecule has 0 spiro atoms. The second kappa shape index (κ2) is 5.08. The van der Waals surface area contributed by atoms with Crippen molar-refractivity contribution in [3.63, 3.8) is 0 Å². The van der Waals surface area contributed by atoms with E-state index in [1.807, 2.05) is 13.2 Å². The molecule has 0 bridgehead atoms. The lowest BCUT2D eigenvalue weighted by atomic mass is 9.92. The molecule has 0 aromatic carbocycles. The normalized spacial score (nSPS) is 21.8. The number of hydrogen-bond donors (Lipinski definition) is 1. The predicted octanol–water partition coefficient (Wildman–Crippen LogP) is 0.344. The number of aromatic nitrogens is 5. The van der Waals surface area contributed by atoms with Crippen molar-refractivity contribution in [2.75, 3.05) is 25.0 Å². The summed E-state index contributed by atoms with van der Waals surface area (Å²) in [4.78, 5) is 6.56. The highest BCUT2D eigenvalue weighted by molar-refractivity contribution is 5.46. The molecule has 0 radical (unpaired) electrons. The van der Waals surface area contributed by atoms with E-state index in [1.165, 1.54) is 12.8 Å². The zero-order chi connectivity index (χ0) is 13.2. The summed E-state index contributed by atoms with van der Waals surface area (Å²) in [5, 5.41) is 15.0. The third kappa shape index (κ3) is 2.25. The van der Waals surface area contributed by atoms with Crippen molar-refractivity contribution in [3.05, 3.63) is 12.4 Å². The SMILES string of the molecule is CNC(C)C1CCCN(c2cncc3nnnn23)C1. The van der Waals surface area contributed by atoms with Gasteiger partial charge in [0.2, 0.25) is 0 Å². The van der Waals surface area contributed by atoms with Gasteiger partial charge in [-0.1, -0.05) is 0 Å². The van der Waals surface area contributed by atoms with Crippen molar-refractivity contribution in [3.8, 4) is 0 Å². The molecule has 1 N–H and O–H groups in total. The Kier molecular flexibility index (Phi) is 3.29. The Hall–Kier alpha value is -1.76. The van der Waals surface area contributed by atoms with Crippen LogP contribution >= 0.6 is 0 Å². The van der Waals surface area contributed by atoms with E-state index < -0.39 is 0 Å². The van der Waals surface area contributed by atoms with E-state index >= 15 is 0 Å². The van der Waals surface area contributed by atoms with Crippen molar-refractivity contribution in [2.45, 2.75) is 25.8 Å². The molecule has 2 aromatic rings. The number of hydrogen-bond acceptors (Lipinski definition) is 6. The Morgan fingerprint density at radius 1 is 1.42 bits per heavy atom. The van der Waals surface area contributed by atoms with Gasteiger partial charge in [-0.2, -0.15) is 4.52 Å². The van der Waals surface area contributed by atoms with Crippen LogP contribution in [0.3, 0.4) is 0 Å². The van der Waals surface area contributed by atoms with Crippen molar-refractivity contribution in [2.24, 2.45) is 5.92 Å². The molecule has 19 heavy (non-hydrogen) atoms. The molecule has 0 saturated carbocycles. The van der Waals surface area contributed by atoms with E-state index in [0.717, 1.165) is 18.9 Å². The summed E-state index contributed by atoms with van der Waals surface area (Å²) < 4.78 is 1.76. The predicted molar refractivity (Wildman–Crippen MR) is 72.0 cm³/mol. The first-order valence-corrected chi connectivity index (χ1v) is 6.74. The van der Waals surface area contributed by atoms with Gasteiger partial charge in [0.05, 0.1) is 12.4 Å². The standard InChI is InChI=1S/C12H19N7/c1-9(13-2)10-4-3-5-18(8-10)12-7-14-6-11-15-16-17-19(11)12/h6-7,9-10,13H,3-5,8H2,1-2H3. The Labute approximate surface area is 112 Å². The molecule has 1 saturated heterocycles. The molecule has 0 amide bonds. The molecule has 7 nitrogen and oxygen atoms in total. The summed E-state index contributed by atoms with van der Waals surface area (Å²) >= 11 is 0. The van der Waals surface area contributed by atoms with E-state index in [-0.39, 0.29) is 0 Å². The number of nitrogens with zero attached hydrogens (tertiary/aromatic N) is 6. The lowest BCUT2D eigenvalue weighted by Crippen LogP contribution is -2.44. The van der Waals surface area contributed by atoms with Crippen LogP contribution in [0.1, 0.15) is 19.8 Å². The third-order valence-electron chi connectivity index (χ3n) is 4.03. The largest absolute Gasteiger partial charge is 0.355 e. The molecular formula is C12H19N7.